The molecule has 1 fully saturated rings. The fourth-order valence-electron chi connectivity index (χ4n) is 0.861. The highest BCUT2D eigenvalue weighted by atomic mass is 16.6. The number of esters is 2. The zero-order chi connectivity index (χ0) is 10.4. The smallest absolute Gasteiger partial charge is 0.314 e. The normalized spacial score (nSPS) is 14.3. The van der Waals surface area contributed by atoms with Gasteiger partial charge < -0.3 is 9.84 Å². The number of aromatic hydroxyl groups is 1. The number of rotatable bonds is 0. The molecule has 1 heterocycles. The molecule has 0 bridgehead atoms. The first-order valence-corrected chi connectivity index (χ1v) is 4.16. The van der Waals surface area contributed by atoms with Crippen LogP contribution in [-0.2, 0) is 14.3 Å². The van der Waals surface area contributed by atoms with Crippen LogP contribution >= 0.6 is 0 Å². The third-order valence-corrected chi connectivity index (χ3v) is 1.52. The first-order valence-electron chi connectivity index (χ1n) is 4.16. The van der Waals surface area contributed by atoms with E-state index in [-0.39, 0.29) is 12.8 Å². The largest absolute Gasteiger partial charge is 0.508 e. The van der Waals surface area contributed by atoms with Crippen LogP contribution in [0.3, 0.4) is 0 Å². The summed E-state index contributed by atoms with van der Waals surface area (Å²) in [5.74, 6) is -0.475. The molecule has 1 aromatic rings. The molecule has 74 valence electrons. The summed E-state index contributed by atoms with van der Waals surface area (Å²) in [7, 11) is 0. The van der Waals surface area contributed by atoms with Crippen molar-refractivity contribution < 1.29 is 19.4 Å². The van der Waals surface area contributed by atoms with E-state index in [2.05, 4.69) is 4.74 Å². The number of hydrogen-bond acceptors (Lipinski definition) is 4. The Balaban J connectivity index is 0.000000140. The number of cyclic esters (lactones) is 2. The fourth-order valence-corrected chi connectivity index (χ4v) is 0.861. The molecule has 4 heteroatoms. The van der Waals surface area contributed by atoms with Gasteiger partial charge >= 0.3 is 11.9 Å². The highest BCUT2D eigenvalue weighted by Crippen LogP contribution is 2.04. The molecule has 14 heavy (non-hydrogen) atoms. The number of carbonyl (C=O) groups excluding carboxylic acids is 2. The maximum atomic E-state index is 10.0. The molecule has 0 atom stereocenters. The van der Waals surface area contributed by atoms with Gasteiger partial charge in [0.2, 0.25) is 0 Å². The molecule has 0 aliphatic carbocycles. The Morgan fingerprint density at radius 3 is 1.71 bits per heavy atom. The topological polar surface area (TPSA) is 63.6 Å². The molecule has 0 saturated carbocycles. The summed E-state index contributed by atoms with van der Waals surface area (Å²) in [6, 6.07) is 8.71. The van der Waals surface area contributed by atoms with Crippen LogP contribution in [0, 0.1) is 0 Å². The van der Waals surface area contributed by atoms with E-state index >= 15 is 0 Å². The fraction of sp³-hybridized carbons (Fsp3) is 0.200. The van der Waals surface area contributed by atoms with Crippen molar-refractivity contribution in [1.29, 1.82) is 0 Å². The van der Waals surface area contributed by atoms with E-state index < -0.39 is 11.9 Å². The third kappa shape index (κ3) is 3.71. The Bertz CT molecular complexity index is 304. The van der Waals surface area contributed by atoms with Crippen molar-refractivity contribution in [2.24, 2.45) is 0 Å². The molecule has 1 N–H and O–H groups in total. The number of carbonyl (C=O) groups is 2. The SMILES string of the molecule is O=C1CCC(=O)O1.Oc1ccccc1. The van der Waals surface area contributed by atoms with E-state index in [4.69, 9.17) is 5.11 Å². The van der Waals surface area contributed by atoms with Crippen molar-refractivity contribution in [3.8, 4) is 5.75 Å². The van der Waals surface area contributed by atoms with E-state index in [1.54, 1.807) is 24.3 Å². The lowest BCUT2D eigenvalue weighted by molar-refractivity contribution is -0.151. The van der Waals surface area contributed by atoms with E-state index in [1.807, 2.05) is 6.07 Å². The summed E-state index contributed by atoms with van der Waals surface area (Å²) >= 11 is 0. The van der Waals surface area contributed by atoms with Crippen LogP contribution < -0.4 is 0 Å². The quantitative estimate of drug-likeness (QED) is 0.498. The number of phenolic OH excluding ortho intramolecular Hbond substituents is 1. The van der Waals surface area contributed by atoms with Gasteiger partial charge in [-0.1, -0.05) is 18.2 Å². The number of phenols is 1. The maximum absolute atomic E-state index is 10.0. The zero-order valence-corrected chi connectivity index (χ0v) is 7.47. The van der Waals surface area contributed by atoms with Crippen LogP contribution in [0.2, 0.25) is 0 Å². The van der Waals surface area contributed by atoms with Gasteiger partial charge in [0.1, 0.15) is 5.75 Å². The summed E-state index contributed by atoms with van der Waals surface area (Å²) in [5.41, 5.74) is 0. The second kappa shape index (κ2) is 5.01. The Hall–Kier alpha value is -1.84. The number of hydrogen-bond donors (Lipinski definition) is 1. The predicted molar refractivity (Wildman–Crippen MR) is 48.4 cm³/mol. The third-order valence-electron chi connectivity index (χ3n) is 1.52. The van der Waals surface area contributed by atoms with Gasteiger partial charge in [-0.2, -0.15) is 0 Å². The summed E-state index contributed by atoms with van der Waals surface area (Å²) in [6.45, 7) is 0. The van der Waals surface area contributed by atoms with Gasteiger partial charge in [-0.25, -0.2) is 0 Å². The Labute approximate surface area is 81.1 Å². The molecule has 0 aromatic heterocycles. The Kier molecular flexibility index (Phi) is 3.67. The van der Waals surface area contributed by atoms with Crippen molar-refractivity contribution in [3.63, 3.8) is 0 Å². The lowest BCUT2D eigenvalue weighted by atomic mass is 10.3. The Morgan fingerprint density at radius 1 is 1.00 bits per heavy atom. The molecule has 1 saturated heterocycles. The molecule has 0 amide bonds. The van der Waals surface area contributed by atoms with Gasteiger partial charge in [-0.15, -0.1) is 0 Å². The summed E-state index contributed by atoms with van der Waals surface area (Å²) in [4.78, 5) is 20.0. The van der Waals surface area contributed by atoms with Crippen molar-refractivity contribution in [1.82, 2.24) is 0 Å². The van der Waals surface area contributed by atoms with Gasteiger partial charge in [-0.3, -0.25) is 9.59 Å². The minimum absolute atomic E-state index is 0.263. The molecule has 1 aliphatic heterocycles. The molecule has 0 spiro atoms. The van der Waals surface area contributed by atoms with Crippen LogP contribution in [-0.4, -0.2) is 17.0 Å². The Morgan fingerprint density at radius 2 is 1.50 bits per heavy atom. The van der Waals surface area contributed by atoms with E-state index in [0.29, 0.717) is 5.75 Å². The average Bonchev–Trinajstić information content (AvgIpc) is 2.52. The summed E-state index contributed by atoms with van der Waals surface area (Å²) in [6.07, 6.45) is 0.525. The standard InChI is InChI=1S/C6H6O.C4H4O3/c7-6-4-2-1-3-5-6;5-3-1-2-4(6)7-3/h1-5,7H;1-2H2. The lowest BCUT2D eigenvalue weighted by Crippen LogP contribution is -1.94. The zero-order valence-electron chi connectivity index (χ0n) is 7.47. The van der Waals surface area contributed by atoms with Crippen molar-refractivity contribution in [2.75, 3.05) is 0 Å². The molecule has 1 aliphatic rings. The van der Waals surface area contributed by atoms with Crippen LogP contribution in [0.5, 0.6) is 5.75 Å². The maximum Gasteiger partial charge on any atom is 0.314 e. The second-order valence-corrected chi connectivity index (χ2v) is 2.68. The lowest BCUT2D eigenvalue weighted by Gasteiger charge is -1.82. The van der Waals surface area contributed by atoms with Crippen LogP contribution in [0.1, 0.15) is 12.8 Å². The average molecular weight is 194 g/mol. The molecule has 0 unspecified atom stereocenters. The van der Waals surface area contributed by atoms with Gasteiger partial charge in [0.15, 0.2) is 0 Å². The minimum atomic E-state index is -0.398. The van der Waals surface area contributed by atoms with E-state index in [9.17, 15) is 9.59 Å². The second-order valence-electron chi connectivity index (χ2n) is 2.68. The molecule has 2 rings (SSSR count). The van der Waals surface area contributed by atoms with E-state index in [1.165, 1.54) is 0 Å². The predicted octanol–water partition coefficient (Wildman–Crippen LogP) is 1.24. The van der Waals surface area contributed by atoms with Crippen molar-refractivity contribution in [3.05, 3.63) is 30.3 Å². The van der Waals surface area contributed by atoms with Crippen LogP contribution in [0.25, 0.3) is 0 Å². The first-order chi connectivity index (χ1) is 6.68. The van der Waals surface area contributed by atoms with Gasteiger partial charge in [0.05, 0.1) is 12.8 Å². The van der Waals surface area contributed by atoms with Gasteiger partial charge in [0, 0.05) is 0 Å². The molecular formula is C10H10O4. The van der Waals surface area contributed by atoms with Crippen LogP contribution in [0.15, 0.2) is 30.3 Å². The van der Waals surface area contributed by atoms with E-state index in [0.717, 1.165) is 0 Å². The summed E-state index contributed by atoms with van der Waals surface area (Å²) < 4.78 is 4.08. The minimum Gasteiger partial charge on any atom is -0.508 e. The van der Waals surface area contributed by atoms with Crippen molar-refractivity contribution >= 4 is 11.9 Å². The molecular weight excluding hydrogens is 184 g/mol. The molecule has 4 nitrogen and oxygen atoms in total. The first kappa shape index (κ1) is 10.2. The molecule has 1 aromatic carbocycles. The molecule has 0 radical (unpaired) electrons. The number of ether oxygens (including phenoxy) is 1. The van der Waals surface area contributed by atoms with Crippen molar-refractivity contribution in [2.45, 2.75) is 12.8 Å². The highest BCUT2D eigenvalue weighted by Gasteiger charge is 2.19. The van der Waals surface area contributed by atoms with Gasteiger partial charge in [-0.05, 0) is 12.1 Å². The number of benzene rings is 1. The van der Waals surface area contributed by atoms with Gasteiger partial charge in [0.25, 0.3) is 0 Å². The number of para-hydroxylation sites is 1. The van der Waals surface area contributed by atoms with Crippen LogP contribution in [0.4, 0.5) is 0 Å². The highest BCUT2D eigenvalue weighted by molar-refractivity contribution is 5.92. The summed E-state index contributed by atoms with van der Waals surface area (Å²) in [5, 5.41) is 8.63. The monoisotopic (exact) mass is 194 g/mol.